The summed E-state index contributed by atoms with van der Waals surface area (Å²) in [6, 6.07) is 7.51. The molecule has 1 fully saturated rings. The number of benzene rings is 1. The molecule has 20 heavy (non-hydrogen) atoms. The first-order valence-electron chi connectivity index (χ1n) is 6.79. The maximum Gasteiger partial charge on any atom is 0.227 e. The molecule has 0 spiro atoms. The van der Waals surface area contributed by atoms with Crippen LogP contribution in [0, 0.1) is 5.92 Å². The number of nitrogens with zero attached hydrogens (tertiary/aromatic N) is 2. The van der Waals surface area contributed by atoms with Gasteiger partial charge in [-0.15, -0.1) is 0 Å². The van der Waals surface area contributed by atoms with E-state index >= 15 is 0 Å². The van der Waals surface area contributed by atoms with Crippen molar-refractivity contribution in [3.05, 3.63) is 30.1 Å². The minimum absolute atomic E-state index is 0.118. The van der Waals surface area contributed by atoms with Crippen molar-refractivity contribution >= 4 is 11.6 Å². The number of aromatic nitrogens is 3. The Labute approximate surface area is 116 Å². The molecule has 2 aromatic rings. The summed E-state index contributed by atoms with van der Waals surface area (Å²) < 4.78 is 0. The molecule has 0 saturated heterocycles. The van der Waals surface area contributed by atoms with Gasteiger partial charge in [-0.3, -0.25) is 9.89 Å². The molecular formula is C14H17N5O. The Morgan fingerprint density at radius 3 is 2.65 bits per heavy atom. The summed E-state index contributed by atoms with van der Waals surface area (Å²) in [6.45, 7) is 0.336. The second kappa shape index (κ2) is 5.42. The minimum atomic E-state index is 0.118. The SMILES string of the molecule is NCc1nc(-c2ccc(NC(=O)C3CCC3)cc2)n[nH]1. The monoisotopic (exact) mass is 271 g/mol. The van der Waals surface area contributed by atoms with Crippen LogP contribution >= 0.6 is 0 Å². The maximum absolute atomic E-state index is 11.8. The van der Waals surface area contributed by atoms with Crippen molar-refractivity contribution in [1.29, 1.82) is 0 Å². The number of aromatic amines is 1. The fraction of sp³-hybridized carbons (Fsp3) is 0.357. The Kier molecular flexibility index (Phi) is 3.47. The first-order valence-corrected chi connectivity index (χ1v) is 6.79. The molecule has 3 rings (SSSR count). The number of hydrogen-bond donors (Lipinski definition) is 3. The van der Waals surface area contributed by atoms with Crippen LogP contribution in [0.5, 0.6) is 0 Å². The summed E-state index contributed by atoms with van der Waals surface area (Å²) in [5, 5.41) is 9.80. The molecule has 1 aromatic carbocycles. The molecule has 0 atom stereocenters. The Hall–Kier alpha value is -2.21. The zero-order valence-corrected chi connectivity index (χ0v) is 11.1. The van der Waals surface area contributed by atoms with Crippen LogP contribution in [0.25, 0.3) is 11.4 Å². The number of carbonyl (C=O) groups excluding carboxylic acids is 1. The van der Waals surface area contributed by atoms with Gasteiger partial charge in [0.05, 0.1) is 6.54 Å². The highest BCUT2D eigenvalue weighted by Gasteiger charge is 2.25. The van der Waals surface area contributed by atoms with Gasteiger partial charge in [-0.2, -0.15) is 5.10 Å². The summed E-state index contributed by atoms with van der Waals surface area (Å²) in [7, 11) is 0. The molecule has 1 aromatic heterocycles. The summed E-state index contributed by atoms with van der Waals surface area (Å²) >= 11 is 0. The lowest BCUT2D eigenvalue weighted by molar-refractivity contribution is -0.122. The number of hydrogen-bond acceptors (Lipinski definition) is 4. The zero-order valence-electron chi connectivity index (χ0n) is 11.1. The van der Waals surface area contributed by atoms with Gasteiger partial charge in [-0.25, -0.2) is 4.98 Å². The Bertz CT molecular complexity index is 600. The quantitative estimate of drug-likeness (QED) is 0.788. The van der Waals surface area contributed by atoms with Gasteiger partial charge >= 0.3 is 0 Å². The molecule has 1 amide bonds. The summed E-state index contributed by atoms with van der Waals surface area (Å²) in [5.41, 5.74) is 7.18. The van der Waals surface area contributed by atoms with Crippen LogP contribution in [0.15, 0.2) is 24.3 Å². The molecule has 6 heteroatoms. The van der Waals surface area contributed by atoms with Gasteiger partial charge in [-0.1, -0.05) is 6.42 Å². The van der Waals surface area contributed by atoms with Gasteiger partial charge in [0.1, 0.15) is 5.82 Å². The molecule has 0 radical (unpaired) electrons. The van der Waals surface area contributed by atoms with Crippen molar-refractivity contribution in [1.82, 2.24) is 15.2 Å². The van der Waals surface area contributed by atoms with Crippen LogP contribution < -0.4 is 11.1 Å². The van der Waals surface area contributed by atoms with Gasteiger partial charge in [-0.05, 0) is 37.1 Å². The van der Waals surface area contributed by atoms with Crippen LogP contribution in [-0.4, -0.2) is 21.1 Å². The summed E-state index contributed by atoms with van der Waals surface area (Å²) in [5.74, 6) is 1.58. The Morgan fingerprint density at radius 1 is 1.35 bits per heavy atom. The van der Waals surface area contributed by atoms with Crippen LogP contribution in [0.3, 0.4) is 0 Å². The third-order valence-electron chi connectivity index (χ3n) is 3.61. The van der Waals surface area contributed by atoms with Crippen molar-refractivity contribution in [2.24, 2.45) is 11.7 Å². The smallest absolute Gasteiger partial charge is 0.227 e. The second-order valence-corrected chi connectivity index (χ2v) is 5.00. The van der Waals surface area contributed by atoms with Crippen LogP contribution in [-0.2, 0) is 11.3 Å². The van der Waals surface area contributed by atoms with Crippen LogP contribution in [0.4, 0.5) is 5.69 Å². The molecular weight excluding hydrogens is 254 g/mol. The first kappa shape index (κ1) is 12.8. The lowest BCUT2D eigenvalue weighted by Gasteiger charge is -2.24. The third-order valence-corrected chi connectivity index (χ3v) is 3.61. The third kappa shape index (κ3) is 2.55. The highest BCUT2D eigenvalue weighted by molar-refractivity contribution is 5.93. The molecule has 0 aliphatic heterocycles. The standard InChI is InChI=1S/C14H17N5O/c15-8-12-17-13(19-18-12)9-4-6-11(7-5-9)16-14(20)10-2-1-3-10/h4-7,10H,1-3,8,15H2,(H,16,20)(H,17,18,19). The molecule has 0 bridgehead atoms. The number of rotatable bonds is 4. The van der Waals surface area contributed by atoms with E-state index < -0.39 is 0 Å². The molecule has 1 aliphatic carbocycles. The van der Waals surface area contributed by atoms with Crippen LogP contribution in [0.2, 0.25) is 0 Å². The molecule has 1 aliphatic rings. The van der Waals surface area contributed by atoms with Crippen molar-refractivity contribution in [2.75, 3.05) is 5.32 Å². The fourth-order valence-corrected chi connectivity index (χ4v) is 2.13. The van der Waals surface area contributed by atoms with E-state index in [2.05, 4.69) is 20.5 Å². The largest absolute Gasteiger partial charge is 0.326 e. The van der Waals surface area contributed by atoms with E-state index in [9.17, 15) is 4.79 Å². The normalized spacial score (nSPS) is 14.8. The molecule has 4 N–H and O–H groups in total. The number of nitrogens with one attached hydrogen (secondary N) is 2. The van der Waals surface area contributed by atoms with Gasteiger partial charge < -0.3 is 11.1 Å². The lowest BCUT2D eigenvalue weighted by Crippen LogP contribution is -2.27. The average molecular weight is 271 g/mol. The average Bonchev–Trinajstić information content (AvgIpc) is 2.86. The first-order chi connectivity index (χ1) is 9.76. The number of carbonyl (C=O) groups is 1. The van der Waals surface area contributed by atoms with Gasteiger partial charge in [0.15, 0.2) is 5.82 Å². The Balaban J connectivity index is 1.69. The molecule has 1 saturated carbocycles. The lowest BCUT2D eigenvalue weighted by atomic mass is 9.85. The van der Waals surface area contributed by atoms with E-state index in [0.29, 0.717) is 18.2 Å². The predicted molar refractivity (Wildman–Crippen MR) is 75.7 cm³/mol. The van der Waals surface area contributed by atoms with E-state index in [1.165, 1.54) is 0 Å². The number of amides is 1. The van der Waals surface area contributed by atoms with Crippen molar-refractivity contribution < 1.29 is 4.79 Å². The van der Waals surface area contributed by atoms with E-state index in [1.807, 2.05) is 24.3 Å². The van der Waals surface area contributed by atoms with Gasteiger partial charge in [0.2, 0.25) is 5.91 Å². The van der Waals surface area contributed by atoms with Gasteiger partial charge in [0, 0.05) is 17.2 Å². The molecule has 1 heterocycles. The van der Waals surface area contributed by atoms with E-state index in [1.54, 1.807) is 0 Å². The number of nitrogens with two attached hydrogens (primary N) is 1. The highest BCUT2D eigenvalue weighted by Crippen LogP contribution is 2.27. The second-order valence-electron chi connectivity index (χ2n) is 5.00. The Morgan fingerprint density at radius 2 is 2.10 bits per heavy atom. The van der Waals surface area contributed by atoms with E-state index in [0.717, 1.165) is 30.5 Å². The van der Waals surface area contributed by atoms with E-state index in [-0.39, 0.29) is 11.8 Å². The van der Waals surface area contributed by atoms with Crippen molar-refractivity contribution in [2.45, 2.75) is 25.8 Å². The fourth-order valence-electron chi connectivity index (χ4n) is 2.13. The van der Waals surface area contributed by atoms with Crippen molar-refractivity contribution in [3.63, 3.8) is 0 Å². The predicted octanol–water partition coefficient (Wildman–Crippen LogP) is 1.67. The number of anilines is 1. The molecule has 0 unspecified atom stereocenters. The summed E-state index contributed by atoms with van der Waals surface area (Å²) in [4.78, 5) is 16.1. The topological polar surface area (TPSA) is 96.7 Å². The molecule has 6 nitrogen and oxygen atoms in total. The van der Waals surface area contributed by atoms with Crippen LogP contribution in [0.1, 0.15) is 25.1 Å². The molecule has 104 valence electrons. The van der Waals surface area contributed by atoms with Crippen molar-refractivity contribution in [3.8, 4) is 11.4 Å². The van der Waals surface area contributed by atoms with Gasteiger partial charge in [0.25, 0.3) is 0 Å². The maximum atomic E-state index is 11.8. The minimum Gasteiger partial charge on any atom is -0.326 e. The zero-order chi connectivity index (χ0) is 13.9. The number of H-pyrrole nitrogens is 1. The van der Waals surface area contributed by atoms with E-state index in [4.69, 9.17) is 5.73 Å². The summed E-state index contributed by atoms with van der Waals surface area (Å²) in [6.07, 6.45) is 3.16. The highest BCUT2D eigenvalue weighted by atomic mass is 16.1.